The average molecular weight is 419 g/mol. The van der Waals surface area contributed by atoms with Crippen LogP contribution in [-0.4, -0.2) is 23.2 Å². The summed E-state index contributed by atoms with van der Waals surface area (Å²) in [6, 6.07) is 14.8. The van der Waals surface area contributed by atoms with E-state index in [-0.39, 0.29) is 6.54 Å². The first-order valence-electron chi connectivity index (χ1n) is 8.10. The van der Waals surface area contributed by atoms with Crippen molar-refractivity contribution in [2.45, 2.75) is 17.5 Å². The van der Waals surface area contributed by atoms with Gasteiger partial charge in [0.15, 0.2) is 0 Å². The second-order valence-corrected chi connectivity index (χ2v) is 8.59. The molecule has 0 saturated heterocycles. The molecule has 1 aromatic carbocycles. The molecule has 3 rings (SSSR count). The molecule has 0 aliphatic rings. The number of carbonyl (C=O) groups excluding carboxylic acids is 2. The van der Waals surface area contributed by atoms with E-state index in [1.165, 1.54) is 34.4 Å². The molecular weight excluding hydrogens is 400 g/mol. The van der Waals surface area contributed by atoms with Crippen molar-refractivity contribution in [1.29, 1.82) is 0 Å². The first-order valence-corrected chi connectivity index (χ1v) is 11.0. The maximum absolute atomic E-state index is 12.1. The highest BCUT2D eigenvalue weighted by atomic mass is 32.2. The first-order chi connectivity index (χ1) is 13.1. The largest absolute Gasteiger partial charge is 0.382 e. The number of anilines is 1. The molecule has 0 bridgehead atoms. The zero-order valence-corrected chi connectivity index (χ0v) is 16.9. The second-order valence-electron chi connectivity index (χ2n) is 5.56. The Labute approximate surface area is 169 Å². The third-order valence-electron chi connectivity index (χ3n) is 3.75. The average Bonchev–Trinajstić information content (AvgIpc) is 3.38. The number of aliphatic hydroxyl groups is 1. The van der Waals surface area contributed by atoms with Gasteiger partial charge in [0, 0.05) is 19.5 Å². The lowest BCUT2D eigenvalue weighted by molar-refractivity contribution is -0.136. The topological polar surface area (TPSA) is 78.4 Å². The molecule has 2 aromatic heterocycles. The number of para-hydroxylation sites is 1. The summed E-state index contributed by atoms with van der Waals surface area (Å²) in [5.74, 6) is -1.40. The fourth-order valence-corrected chi connectivity index (χ4v) is 4.71. The minimum absolute atomic E-state index is 0.234. The van der Waals surface area contributed by atoms with Crippen molar-refractivity contribution in [3.63, 3.8) is 0 Å². The van der Waals surface area contributed by atoms with Crippen molar-refractivity contribution < 1.29 is 14.7 Å². The minimum Gasteiger partial charge on any atom is -0.382 e. The van der Waals surface area contributed by atoms with E-state index in [2.05, 4.69) is 10.6 Å². The molecule has 5 nitrogen and oxygen atoms in total. The summed E-state index contributed by atoms with van der Waals surface area (Å²) in [6.07, 6.45) is 1.25. The Morgan fingerprint density at radius 3 is 2.63 bits per heavy atom. The van der Waals surface area contributed by atoms with Gasteiger partial charge in [-0.05, 0) is 42.0 Å². The summed E-state index contributed by atoms with van der Waals surface area (Å²) in [7, 11) is 0. The van der Waals surface area contributed by atoms with E-state index in [4.69, 9.17) is 0 Å². The molecule has 8 heteroatoms. The molecule has 2 heterocycles. The van der Waals surface area contributed by atoms with Crippen LogP contribution in [0.2, 0.25) is 0 Å². The highest BCUT2D eigenvalue weighted by Gasteiger charge is 2.17. The van der Waals surface area contributed by atoms with Gasteiger partial charge in [-0.25, -0.2) is 0 Å². The maximum Gasteiger partial charge on any atom is 0.313 e. The molecule has 0 unspecified atom stereocenters. The van der Waals surface area contributed by atoms with Crippen LogP contribution in [0.3, 0.4) is 0 Å². The standard InChI is InChI=1S/C19H18N2O3S3/c1-25-14-6-3-2-5-13(14)21-19(24)18(23)20-11-12-8-9-16(27-12)17(22)15-7-4-10-26-15/h2-10,17,22H,11H2,1H3,(H,20,23)(H,21,24)/t17-/m0/s1. The molecule has 0 aliphatic heterocycles. The maximum atomic E-state index is 12.1. The highest BCUT2D eigenvalue weighted by molar-refractivity contribution is 7.98. The molecule has 0 aliphatic carbocycles. The first kappa shape index (κ1) is 19.6. The zero-order chi connectivity index (χ0) is 19.2. The number of hydrogen-bond donors (Lipinski definition) is 3. The Morgan fingerprint density at radius 1 is 1.07 bits per heavy atom. The summed E-state index contributed by atoms with van der Waals surface area (Å²) < 4.78 is 0. The Bertz CT molecular complexity index is 922. The minimum atomic E-state index is -0.702. The molecule has 1 atom stereocenters. The van der Waals surface area contributed by atoms with E-state index in [1.54, 1.807) is 12.1 Å². The normalized spacial score (nSPS) is 11.8. The van der Waals surface area contributed by atoms with Crippen molar-refractivity contribution in [3.8, 4) is 0 Å². The quantitative estimate of drug-likeness (QED) is 0.419. The van der Waals surface area contributed by atoms with Gasteiger partial charge < -0.3 is 15.7 Å². The number of benzene rings is 1. The number of amides is 2. The van der Waals surface area contributed by atoms with Crippen LogP contribution in [-0.2, 0) is 16.1 Å². The summed E-state index contributed by atoms with van der Waals surface area (Å²) in [6.45, 7) is 0.234. The van der Waals surface area contributed by atoms with Gasteiger partial charge in [-0.15, -0.1) is 34.4 Å². The number of rotatable bonds is 6. The third-order valence-corrected chi connectivity index (χ3v) is 6.61. The Balaban J connectivity index is 1.55. The second kappa shape index (κ2) is 9.18. The van der Waals surface area contributed by atoms with E-state index < -0.39 is 17.9 Å². The van der Waals surface area contributed by atoms with Gasteiger partial charge in [0.25, 0.3) is 0 Å². The molecule has 27 heavy (non-hydrogen) atoms. The van der Waals surface area contributed by atoms with Crippen LogP contribution in [0.25, 0.3) is 0 Å². The fraction of sp³-hybridized carbons (Fsp3) is 0.158. The number of thioether (sulfide) groups is 1. The van der Waals surface area contributed by atoms with Crippen LogP contribution < -0.4 is 10.6 Å². The van der Waals surface area contributed by atoms with Gasteiger partial charge in [-0.2, -0.15) is 0 Å². The van der Waals surface area contributed by atoms with Crippen molar-refractivity contribution in [2.75, 3.05) is 11.6 Å². The molecule has 0 radical (unpaired) electrons. The van der Waals surface area contributed by atoms with Gasteiger partial charge in [-0.1, -0.05) is 18.2 Å². The molecule has 3 aromatic rings. The van der Waals surface area contributed by atoms with E-state index in [9.17, 15) is 14.7 Å². The van der Waals surface area contributed by atoms with E-state index in [0.29, 0.717) is 5.69 Å². The number of nitrogens with one attached hydrogen (secondary N) is 2. The Kier molecular flexibility index (Phi) is 6.68. The third kappa shape index (κ3) is 4.98. The highest BCUT2D eigenvalue weighted by Crippen LogP contribution is 2.30. The van der Waals surface area contributed by atoms with Crippen molar-refractivity contribution in [3.05, 3.63) is 68.5 Å². The Hall–Kier alpha value is -2.13. The summed E-state index contributed by atoms with van der Waals surface area (Å²) in [5.41, 5.74) is 0.614. The molecule has 2 amide bonds. The van der Waals surface area contributed by atoms with Crippen molar-refractivity contribution in [1.82, 2.24) is 5.32 Å². The summed E-state index contributed by atoms with van der Waals surface area (Å²) in [4.78, 5) is 27.6. The Morgan fingerprint density at radius 2 is 1.89 bits per heavy atom. The molecule has 3 N–H and O–H groups in total. The molecule has 0 fully saturated rings. The predicted molar refractivity (Wildman–Crippen MR) is 111 cm³/mol. The number of hydrogen-bond acceptors (Lipinski definition) is 6. The fourth-order valence-electron chi connectivity index (χ4n) is 2.40. The summed E-state index contributed by atoms with van der Waals surface area (Å²) in [5, 5.41) is 17.5. The van der Waals surface area contributed by atoms with Crippen molar-refractivity contribution in [2.24, 2.45) is 0 Å². The van der Waals surface area contributed by atoms with Gasteiger partial charge >= 0.3 is 11.8 Å². The SMILES string of the molecule is CSc1ccccc1NC(=O)C(=O)NCc1ccc([C@@H](O)c2cccs2)s1. The molecule has 0 saturated carbocycles. The predicted octanol–water partition coefficient (Wildman–Crippen LogP) is 3.87. The zero-order valence-electron chi connectivity index (χ0n) is 14.5. The van der Waals surface area contributed by atoms with E-state index in [1.807, 2.05) is 48.0 Å². The lowest BCUT2D eigenvalue weighted by atomic mass is 10.2. The van der Waals surface area contributed by atoms with Crippen LogP contribution in [0.1, 0.15) is 20.7 Å². The smallest absolute Gasteiger partial charge is 0.313 e. The van der Waals surface area contributed by atoms with Crippen LogP contribution >= 0.6 is 34.4 Å². The number of carbonyl (C=O) groups is 2. The molecular formula is C19H18N2O3S3. The van der Waals surface area contributed by atoms with Gasteiger partial charge in [-0.3, -0.25) is 9.59 Å². The van der Waals surface area contributed by atoms with Crippen LogP contribution in [0.5, 0.6) is 0 Å². The lowest BCUT2D eigenvalue weighted by Gasteiger charge is -2.09. The molecule has 140 valence electrons. The summed E-state index contributed by atoms with van der Waals surface area (Å²) >= 11 is 4.40. The van der Waals surface area contributed by atoms with Crippen LogP contribution in [0.15, 0.2) is 58.8 Å². The van der Waals surface area contributed by atoms with Gasteiger partial charge in [0.05, 0.1) is 12.2 Å². The van der Waals surface area contributed by atoms with Crippen LogP contribution in [0, 0.1) is 0 Å². The van der Waals surface area contributed by atoms with Gasteiger partial charge in [0.2, 0.25) is 0 Å². The van der Waals surface area contributed by atoms with Crippen molar-refractivity contribution >= 4 is 51.9 Å². The number of thiophene rings is 2. The monoisotopic (exact) mass is 418 g/mol. The van der Waals surface area contributed by atoms with Crippen LogP contribution in [0.4, 0.5) is 5.69 Å². The molecule has 0 spiro atoms. The number of aliphatic hydroxyl groups excluding tert-OH is 1. The van der Waals surface area contributed by atoms with E-state index in [0.717, 1.165) is 19.5 Å². The van der Waals surface area contributed by atoms with E-state index >= 15 is 0 Å². The van der Waals surface area contributed by atoms with Gasteiger partial charge in [0.1, 0.15) is 6.10 Å². The lowest BCUT2D eigenvalue weighted by Crippen LogP contribution is -2.34.